The minimum absolute atomic E-state index is 0.0367. The molecule has 0 bridgehead atoms. The molecule has 17 heavy (non-hydrogen) atoms. The maximum absolute atomic E-state index is 11.8. The van der Waals surface area contributed by atoms with Crippen molar-refractivity contribution in [2.75, 3.05) is 0 Å². The first kappa shape index (κ1) is 13.4. The first-order valence-corrected chi connectivity index (χ1v) is 5.21. The molecule has 1 amide bonds. The van der Waals surface area contributed by atoms with Crippen LogP contribution in [0.25, 0.3) is 0 Å². The molecule has 0 saturated heterocycles. The Hall–Kier alpha value is -1.69. The van der Waals surface area contributed by atoms with Crippen LogP contribution < -0.4 is 5.32 Å². The Labute approximate surface area is 103 Å². The molecule has 1 rings (SSSR count). The van der Waals surface area contributed by atoms with Crippen molar-refractivity contribution in [3.63, 3.8) is 0 Å². The Balaban J connectivity index is 3.16. The van der Waals surface area contributed by atoms with Gasteiger partial charge in [0.2, 0.25) is 0 Å². The summed E-state index contributed by atoms with van der Waals surface area (Å²) in [5, 5.41) is 13.4. The smallest absolute Gasteiger partial charge is 0.300 e. The highest BCUT2D eigenvalue weighted by Gasteiger charge is 2.24. The van der Waals surface area contributed by atoms with E-state index in [1.54, 1.807) is 20.8 Å². The van der Waals surface area contributed by atoms with Gasteiger partial charge < -0.3 is 5.32 Å². The topological polar surface area (TPSA) is 85.1 Å². The number of carbonyl (C=O) groups is 1. The largest absolute Gasteiger partial charge is 0.347 e. The second-order valence-electron chi connectivity index (χ2n) is 4.49. The van der Waals surface area contributed by atoms with E-state index in [-0.39, 0.29) is 16.4 Å². The molecule has 7 heteroatoms. The predicted octanol–water partition coefficient (Wildman–Crippen LogP) is 2.17. The summed E-state index contributed by atoms with van der Waals surface area (Å²) < 4.78 is 0. The number of rotatable bonds is 2. The zero-order valence-corrected chi connectivity index (χ0v) is 10.4. The molecule has 0 aliphatic carbocycles. The molecule has 6 nitrogen and oxygen atoms in total. The van der Waals surface area contributed by atoms with Crippen LogP contribution in [0.15, 0.2) is 12.3 Å². The first-order valence-electron chi connectivity index (χ1n) is 4.83. The number of hydrogen-bond donors (Lipinski definition) is 1. The van der Waals surface area contributed by atoms with Crippen molar-refractivity contribution < 1.29 is 9.72 Å². The number of nitrogens with zero attached hydrogens (tertiary/aromatic N) is 2. The van der Waals surface area contributed by atoms with Crippen LogP contribution in [-0.4, -0.2) is 21.4 Å². The van der Waals surface area contributed by atoms with Crippen molar-refractivity contribution in [2.45, 2.75) is 26.3 Å². The molecular formula is C10H12ClN3O3. The van der Waals surface area contributed by atoms with Gasteiger partial charge in [-0.2, -0.15) is 0 Å². The third-order valence-electron chi connectivity index (χ3n) is 1.78. The van der Waals surface area contributed by atoms with Crippen molar-refractivity contribution in [1.29, 1.82) is 0 Å². The van der Waals surface area contributed by atoms with Crippen LogP contribution in [-0.2, 0) is 0 Å². The summed E-state index contributed by atoms with van der Waals surface area (Å²) in [7, 11) is 0. The normalized spacial score (nSPS) is 11.1. The lowest BCUT2D eigenvalue weighted by atomic mass is 10.1. The quantitative estimate of drug-likeness (QED) is 0.500. The van der Waals surface area contributed by atoms with Gasteiger partial charge in [0.15, 0.2) is 0 Å². The number of nitrogens with one attached hydrogen (secondary N) is 1. The molecule has 92 valence electrons. The monoisotopic (exact) mass is 257 g/mol. The van der Waals surface area contributed by atoms with E-state index in [9.17, 15) is 14.9 Å². The molecule has 1 aromatic rings. The van der Waals surface area contributed by atoms with Crippen molar-refractivity contribution >= 4 is 23.2 Å². The van der Waals surface area contributed by atoms with Crippen molar-refractivity contribution in [1.82, 2.24) is 10.3 Å². The van der Waals surface area contributed by atoms with Gasteiger partial charge in [-0.1, -0.05) is 11.6 Å². The highest BCUT2D eigenvalue weighted by molar-refractivity contribution is 6.29. The highest BCUT2D eigenvalue weighted by Crippen LogP contribution is 2.20. The van der Waals surface area contributed by atoms with E-state index in [4.69, 9.17) is 11.6 Å². The van der Waals surface area contributed by atoms with Crippen LogP contribution in [0.2, 0.25) is 5.15 Å². The third-order valence-corrected chi connectivity index (χ3v) is 1.99. The van der Waals surface area contributed by atoms with Gasteiger partial charge in [0.1, 0.15) is 16.9 Å². The molecule has 1 heterocycles. The Morgan fingerprint density at radius 1 is 1.53 bits per heavy atom. The molecule has 0 aliphatic heterocycles. The minimum atomic E-state index is -0.666. The van der Waals surface area contributed by atoms with Gasteiger partial charge in [-0.3, -0.25) is 14.9 Å². The van der Waals surface area contributed by atoms with Crippen molar-refractivity contribution in [2.24, 2.45) is 0 Å². The second-order valence-corrected chi connectivity index (χ2v) is 4.87. The lowest BCUT2D eigenvalue weighted by Crippen LogP contribution is -2.40. The van der Waals surface area contributed by atoms with Gasteiger partial charge in [0, 0.05) is 5.54 Å². The lowest BCUT2D eigenvalue weighted by molar-refractivity contribution is -0.385. The molecule has 0 atom stereocenters. The van der Waals surface area contributed by atoms with Crippen molar-refractivity contribution in [3.8, 4) is 0 Å². The Kier molecular flexibility index (Phi) is 3.67. The van der Waals surface area contributed by atoms with Gasteiger partial charge in [0.05, 0.1) is 4.92 Å². The average molecular weight is 258 g/mol. The van der Waals surface area contributed by atoms with Crippen LogP contribution in [0, 0.1) is 10.1 Å². The molecule has 1 N–H and O–H groups in total. The number of hydrogen-bond acceptors (Lipinski definition) is 4. The number of halogens is 1. The highest BCUT2D eigenvalue weighted by atomic mass is 35.5. The van der Waals surface area contributed by atoms with Crippen LogP contribution in [0.1, 0.15) is 31.1 Å². The van der Waals surface area contributed by atoms with E-state index in [2.05, 4.69) is 10.3 Å². The molecule has 0 aliphatic rings. The molecule has 0 aromatic carbocycles. The van der Waals surface area contributed by atoms with Crippen LogP contribution >= 0.6 is 11.6 Å². The van der Waals surface area contributed by atoms with E-state index in [1.807, 2.05) is 0 Å². The molecule has 0 radical (unpaired) electrons. The zero-order chi connectivity index (χ0) is 13.2. The Bertz CT molecular complexity index is 468. The summed E-state index contributed by atoms with van der Waals surface area (Å²) in [5.41, 5.74) is -0.943. The van der Waals surface area contributed by atoms with Crippen LogP contribution in [0.5, 0.6) is 0 Å². The third kappa shape index (κ3) is 3.67. The van der Waals surface area contributed by atoms with Gasteiger partial charge in [-0.25, -0.2) is 4.98 Å². The Morgan fingerprint density at radius 2 is 2.12 bits per heavy atom. The standard InChI is InChI=1S/C10H12ClN3O3/c1-10(2,3)13-9(15)6-4-8(11)12-5-7(6)14(16)17/h4-5H,1-3H3,(H,13,15). The van der Waals surface area contributed by atoms with E-state index >= 15 is 0 Å². The fourth-order valence-corrected chi connectivity index (χ4v) is 1.32. The van der Waals surface area contributed by atoms with Crippen LogP contribution in [0.4, 0.5) is 5.69 Å². The Morgan fingerprint density at radius 3 is 2.59 bits per heavy atom. The summed E-state index contributed by atoms with van der Waals surface area (Å²) in [6, 6.07) is 1.18. The molecule has 0 spiro atoms. The average Bonchev–Trinajstić information content (AvgIpc) is 2.14. The van der Waals surface area contributed by atoms with Crippen molar-refractivity contribution in [3.05, 3.63) is 33.1 Å². The zero-order valence-electron chi connectivity index (χ0n) is 9.65. The molecular weight excluding hydrogens is 246 g/mol. The van der Waals surface area contributed by atoms with Gasteiger partial charge in [0.25, 0.3) is 11.6 Å². The maximum Gasteiger partial charge on any atom is 0.300 e. The van der Waals surface area contributed by atoms with E-state index in [0.29, 0.717) is 0 Å². The van der Waals surface area contributed by atoms with Crippen LogP contribution in [0.3, 0.4) is 0 Å². The van der Waals surface area contributed by atoms with E-state index < -0.39 is 16.4 Å². The summed E-state index contributed by atoms with van der Waals surface area (Å²) in [4.78, 5) is 25.5. The second kappa shape index (κ2) is 4.67. The summed E-state index contributed by atoms with van der Waals surface area (Å²) in [6.07, 6.45) is 0.972. The SMILES string of the molecule is CC(C)(C)NC(=O)c1cc(Cl)ncc1[N+](=O)[O-]. The number of pyridine rings is 1. The van der Waals surface area contributed by atoms with Gasteiger partial charge in [-0.05, 0) is 26.8 Å². The predicted molar refractivity (Wildman–Crippen MR) is 63.1 cm³/mol. The fourth-order valence-electron chi connectivity index (χ4n) is 1.16. The fraction of sp³-hybridized carbons (Fsp3) is 0.400. The number of nitro groups is 1. The summed E-state index contributed by atoms with van der Waals surface area (Å²) >= 11 is 5.62. The van der Waals surface area contributed by atoms with E-state index in [0.717, 1.165) is 6.20 Å². The molecule has 0 fully saturated rings. The van der Waals surface area contributed by atoms with Gasteiger partial charge in [-0.15, -0.1) is 0 Å². The summed E-state index contributed by atoms with van der Waals surface area (Å²) in [5.74, 6) is -0.548. The van der Waals surface area contributed by atoms with E-state index in [1.165, 1.54) is 6.07 Å². The number of aromatic nitrogens is 1. The maximum atomic E-state index is 11.8. The molecule has 0 saturated carbocycles. The first-order chi connectivity index (χ1) is 7.70. The lowest BCUT2D eigenvalue weighted by Gasteiger charge is -2.20. The van der Waals surface area contributed by atoms with Gasteiger partial charge >= 0.3 is 0 Å². The number of carbonyl (C=O) groups excluding carboxylic acids is 1. The molecule has 0 unspecified atom stereocenters. The minimum Gasteiger partial charge on any atom is -0.347 e. The summed E-state index contributed by atoms with van der Waals surface area (Å²) in [6.45, 7) is 5.33. The molecule has 1 aromatic heterocycles. The number of amides is 1.